The minimum Gasteiger partial charge on any atom is -0.0882 e. The van der Waals surface area contributed by atoms with Gasteiger partial charge in [-0.3, -0.25) is 0 Å². The van der Waals surface area contributed by atoms with Crippen LogP contribution in [0.5, 0.6) is 0 Å². The summed E-state index contributed by atoms with van der Waals surface area (Å²) < 4.78 is 0. The van der Waals surface area contributed by atoms with Gasteiger partial charge in [0.2, 0.25) is 0 Å². The third-order valence-corrected chi connectivity index (χ3v) is 4.47. The Balaban J connectivity index is 5.03. The van der Waals surface area contributed by atoms with Gasteiger partial charge in [-0.2, -0.15) is 0 Å². The molecule has 0 N–H and O–H groups in total. The third kappa shape index (κ3) is 2.15. The monoisotopic (exact) mass is 182 g/mol. The first-order valence-electron chi connectivity index (χ1n) is 5.31. The molecule has 0 bridgehead atoms. The summed E-state index contributed by atoms with van der Waals surface area (Å²) in [6, 6.07) is 0. The van der Waals surface area contributed by atoms with Gasteiger partial charge < -0.3 is 0 Å². The van der Waals surface area contributed by atoms with Crippen molar-refractivity contribution in [3.8, 4) is 0 Å². The number of hydrogen-bond acceptors (Lipinski definition) is 0. The van der Waals surface area contributed by atoms with Crippen molar-refractivity contribution in [1.29, 1.82) is 0 Å². The van der Waals surface area contributed by atoms with Crippen LogP contribution in [0.2, 0.25) is 0 Å². The normalized spacial score (nSPS) is 15.3. The molecule has 0 nitrogen and oxygen atoms in total. The summed E-state index contributed by atoms with van der Waals surface area (Å²) >= 11 is 0. The van der Waals surface area contributed by atoms with Crippen molar-refractivity contribution in [1.82, 2.24) is 0 Å². The maximum Gasteiger partial charge on any atom is -0.00940 e. The number of rotatable bonds is 3. The molecule has 0 amide bonds. The minimum atomic E-state index is 0.288. The van der Waals surface area contributed by atoms with Crippen molar-refractivity contribution >= 4 is 0 Å². The second-order valence-electron chi connectivity index (χ2n) is 5.47. The zero-order chi connectivity index (χ0) is 10.9. The Morgan fingerprint density at radius 3 is 1.69 bits per heavy atom. The summed E-state index contributed by atoms with van der Waals surface area (Å²) in [6.45, 7) is 18.4. The summed E-state index contributed by atoms with van der Waals surface area (Å²) in [5.41, 5.74) is 2.13. The van der Waals surface area contributed by atoms with E-state index in [2.05, 4.69) is 61.5 Å². The highest BCUT2D eigenvalue weighted by Gasteiger charge is 2.39. The molecule has 0 aromatic carbocycles. The molecule has 0 saturated carbocycles. The lowest BCUT2D eigenvalue weighted by atomic mass is 9.59. The van der Waals surface area contributed by atoms with E-state index in [1.54, 1.807) is 0 Å². The van der Waals surface area contributed by atoms with Crippen LogP contribution >= 0.6 is 0 Å². The maximum atomic E-state index is 2.37. The van der Waals surface area contributed by atoms with Crippen LogP contribution in [0.3, 0.4) is 0 Å². The molecule has 0 radical (unpaired) electrons. The summed E-state index contributed by atoms with van der Waals surface area (Å²) in [7, 11) is 0. The van der Waals surface area contributed by atoms with Crippen molar-refractivity contribution in [3.05, 3.63) is 11.6 Å². The largest absolute Gasteiger partial charge is 0.0882 e. The molecule has 0 aliphatic rings. The van der Waals surface area contributed by atoms with Crippen LogP contribution in [0.4, 0.5) is 0 Å². The van der Waals surface area contributed by atoms with E-state index in [-0.39, 0.29) is 5.41 Å². The van der Waals surface area contributed by atoms with Crippen molar-refractivity contribution in [2.45, 2.75) is 55.4 Å². The Bertz CT molecular complexity index is 192. The molecule has 0 rings (SSSR count). The second-order valence-corrected chi connectivity index (χ2v) is 5.47. The van der Waals surface area contributed by atoms with Gasteiger partial charge in [-0.15, -0.1) is 0 Å². The Kier molecular flexibility index (Phi) is 3.78. The van der Waals surface area contributed by atoms with Crippen molar-refractivity contribution in [2.75, 3.05) is 0 Å². The van der Waals surface area contributed by atoms with E-state index < -0.39 is 0 Å². The van der Waals surface area contributed by atoms with Gasteiger partial charge in [-0.1, -0.05) is 53.2 Å². The molecule has 0 aromatic rings. The summed E-state index contributed by atoms with van der Waals surface area (Å²) in [4.78, 5) is 0. The first-order chi connectivity index (χ1) is 5.67. The highest BCUT2D eigenvalue weighted by Crippen LogP contribution is 2.48. The van der Waals surface area contributed by atoms with Crippen LogP contribution in [-0.4, -0.2) is 0 Å². The minimum absolute atomic E-state index is 0.288. The molecule has 0 heteroatoms. The molecule has 0 saturated heterocycles. The Hall–Kier alpha value is -0.260. The lowest BCUT2D eigenvalue weighted by Crippen LogP contribution is -2.37. The molecule has 0 spiro atoms. The van der Waals surface area contributed by atoms with E-state index in [9.17, 15) is 0 Å². The average Bonchev–Trinajstić information content (AvgIpc) is 2.02. The third-order valence-electron chi connectivity index (χ3n) is 4.47. The molecule has 0 fully saturated rings. The van der Waals surface area contributed by atoms with E-state index in [0.29, 0.717) is 11.3 Å². The van der Waals surface area contributed by atoms with Crippen LogP contribution in [-0.2, 0) is 0 Å². The van der Waals surface area contributed by atoms with Gasteiger partial charge >= 0.3 is 0 Å². The molecule has 0 aromatic heterocycles. The van der Waals surface area contributed by atoms with Crippen LogP contribution in [0, 0.1) is 16.7 Å². The fourth-order valence-corrected chi connectivity index (χ4v) is 1.59. The second kappa shape index (κ2) is 3.86. The SMILES string of the molecule is CC=C(C)C(C)(C)C(C)(C)C(C)C. The highest BCUT2D eigenvalue weighted by atomic mass is 14.4. The van der Waals surface area contributed by atoms with Gasteiger partial charge in [0, 0.05) is 0 Å². The Morgan fingerprint density at radius 1 is 1.08 bits per heavy atom. The molecular formula is C13H26. The summed E-state index contributed by atoms with van der Waals surface area (Å²) in [5, 5.41) is 0. The van der Waals surface area contributed by atoms with Crippen molar-refractivity contribution in [2.24, 2.45) is 16.7 Å². The molecule has 13 heavy (non-hydrogen) atoms. The fraction of sp³-hybridized carbons (Fsp3) is 0.846. The summed E-state index contributed by atoms with van der Waals surface area (Å²) in [5.74, 6) is 0.706. The van der Waals surface area contributed by atoms with E-state index in [1.165, 1.54) is 5.57 Å². The van der Waals surface area contributed by atoms with Gasteiger partial charge in [0.15, 0.2) is 0 Å². The smallest absolute Gasteiger partial charge is 0.00940 e. The molecule has 0 atom stereocenters. The van der Waals surface area contributed by atoms with Crippen molar-refractivity contribution < 1.29 is 0 Å². The first-order valence-corrected chi connectivity index (χ1v) is 5.31. The van der Waals surface area contributed by atoms with Gasteiger partial charge in [-0.05, 0) is 30.6 Å². The molecular weight excluding hydrogens is 156 g/mol. The zero-order valence-electron chi connectivity index (χ0n) is 10.7. The van der Waals surface area contributed by atoms with E-state index >= 15 is 0 Å². The van der Waals surface area contributed by atoms with Crippen molar-refractivity contribution in [3.63, 3.8) is 0 Å². The fourth-order valence-electron chi connectivity index (χ4n) is 1.59. The van der Waals surface area contributed by atoms with Gasteiger partial charge in [0.1, 0.15) is 0 Å². The number of hydrogen-bond donors (Lipinski definition) is 0. The quantitative estimate of drug-likeness (QED) is 0.557. The van der Waals surface area contributed by atoms with Crippen LogP contribution in [0.15, 0.2) is 11.6 Å². The van der Waals surface area contributed by atoms with Gasteiger partial charge in [0.25, 0.3) is 0 Å². The lowest BCUT2D eigenvalue weighted by molar-refractivity contribution is 0.0892. The molecule has 0 aliphatic carbocycles. The van der Waals surface area contributed by atoms with Gasteiger partial charge in [-0.25, -0.2) is 0 Å². The standard InChI is InChI=1S/C13H26/c1-9-11(4)13(7,8)12(5,6)10(2)3/h9-10H,1-8H3. The topological polar surface area (TPSA) is 0 Å². The van der Waals surface area contributed by atoms with Crippen LogP contribution in [0.1, 0.15) is 55.4 Å². The highest BCUT2D eigenvalue weighted by molar-refractivity contribution is 5.13. The Labute approximate surface area is 84.4 Å². The average molecular weight is 182 g/mol. The lowest BCUT2D eigenvalue weighted by Gasteiger charge is -2.46. The Morgan fingerprint density at radius 2 is 1.46 bits per heavy atom. The van der Waals surface area contributed by atoms with E-state index in [1.807, 2.05) is 0 Å². The predicted octanol–water partition coefficient (Wildman–Crippen LogP) is 4.66. The summed E-state index contributed by atoms with van der Waals surface area (Å²) in [6.07, 6.45) is 2.24. The van der Waals surface area contributed by atoms with Gasteiger partial charge in [0.05, 0.1) is 0 Å². The first kappa shape index (κ1) is 12.7. The number of allylic oxidation sites excluding steroid dienone is 2. The molecule has 0 aliphatic heterocycles. The maximum absolute atomic E-state index is 2.37. The molecule has 78 valence electrons. The van der Waals surface area contributed by atoms with E-state index in [4.69, 9.17) is 0 Å². The van der Waals surface area contributed by atoms with Crippen LogP contribution in [0.25, 0.3) is 0 Å². The van der Waals surface area contributed by atoms with Crippen LogP contribution < -0.4 is 0 Å². The molecule has 0 heterocycles. The molecule has 0 unspecified atom stereocenters. The van der Waals surface area contributed by atoms with E-state index in [0.717, 1.165) is 0 Å². The predicted molar refractivity (Wildman–Crippen MR) is 61.8 cm³/mol. The zero-order valence-corrected chi connectivity index (χ0v) is 10.7.